The molecule has 3 aromatic heterocycles. The largest absolute Gasteiger partial charge is 0.507 e. The highest BCUT2D eigenvalue weighted by atomic mass is 16.3. The second-order valence-corrected chi connectivity index (χ2v) is 22.9. The molecule has 9 aromatic carbocycles. The topological polar surface area (TPSA) is 69.0 Å². The zero-order valence-electron chi connectivity index (χ0n) is 43.6. The third-order valence-electron chi connectivity index (χ3n) is 14.7. The van der Waals surface area contributed by atoms with Gasteiger partial charge in [0.25, 0.3) is 0 Å². The van der Waals surface area contributed by atoms with Crippen molar-refractivity contribution in [2.45, 2.75) is 78.6 Å². The molecule has 0 radical (unpaired) electrons. The Morgan fingerprint density at radius 3 is 1.77 bits per heavy atom. The summed E-state index contributed by atoms with van der Waals surface area (Å²) in [6.07, 6.45) is 0. The zero-order chi connectivity index (χ0) is 51.3. The van der Waals surface area contributed by atoms with Crippen LogP contribution in [-0.4, -0.2) is 24.2 Å². The summed E-state index contributed by atoms with van der Waals surface area (Å²) in [6, 6.07) is 68.6. The Kier molecular flexibility index (Phi) is 10.9. The summed E-state index contributed by atoms with van der Waals surface area (Å²) in [6.45, 7) is 20.0. The maximum atomic E-state index is 12.6. The first-order chi connectivity index (χ1) is 35.5. The van der Waals surface area contributed by atoms with Crippen LogP contribution in [-0.2, 0) is 16.2 Å². The van der Waals surface area contributed by atoms with E-state index in [1.807, 2.05) is 12.1 Å². The van der Waals surface area contributed by atoms with E-state index in [2.05, 4.69) is 253 Å². The van der Waals surface area contributed by atoms with Crippen molar-refractivity contribution < 1.29 is 9.52 Å². The van der Waals surface area contributed by atoms with Crippen molar-refractivity contribution >= 4 is 44.0 Å². The van der Waals surface area contributed by atoms with Crippen molar-refractivity contribution in [3.63, 3.8) is 0 Å². The predicted octanol–water partition coefficient (Wildman–Crippen LogP) is 18.2. The molecule has 0 spiro atoms. The molecular weight excluding hydrogens is 905 g/mol. The standard InChI is InChI=1S/C68H60N4O2/c1-66(2,3)47-38-45(37-46(39-47)64-69-56-36-35-53-52-26-17-19-30-59(52)74-63(53)61(56)71(64)49-33-31-43(32-34-49)42-21-12-10-13-22-42)51-27-20-29-58-60(51)70-65(54-40-48(67(4,5)6)41-55(62(54)73)68(7,8)9)72(58)57-28-18-16-25-50(57)44-23-14-11-15-24-44/h10-41,73H,1-9H3. The van der Waals surface area contributed by atoms with E-state index in [4.69, 9.17) is 14.4 Å². The van der Waals surface area contributed by atoms with Gasteiger partial charge < -0.3 is 9.52 Å². The SMILES string of the molecule is CC(C)(C)c1cc(-c2cccc3c2nc(-c2cc(C(C)(C)C)cc(C(C)(C)C)c2O)n3-c2ccccc2-c2ccccc2)cc(-c2nc3ccc4c5ccccc5oc4c3n2-c2ccc(-c3ccccc3)cc2)c1. The monoisotopic (exact) mass is 964 g/mol. The number of aromatic nitrogens is 4. The van der Waals surface area contributed by atoms with E-state index in [0.717, 1.165) is 117 Å². The number of fused-ring (bicyclic) bond motifs is 6. The predicted molar refractivity (Wildman–Crippen MR) is 308 cm³/mol. The molecular formula is C68H60N4O2. The van der Waals surface area contributed by atoms with Gasteiger partial charge in [0.05, 0.1) is 27.8 Å². The fourth-order valence-electron chi connectivity index (χ4n) is 10.7. The lowest BCUT2D eigenvalue weighted by atomic mass is 9.79. The molecule has 0 bridgehead atoms. The van der Waals surface area contributed by atoms with Crippen LogP contribution >= 0.6 is 0 Å². The van der Waals surface area contributed by atoms with Gasteiger partial charge in [-0.3, -0.25) is 9.13 Å². The van der Waals surface area contributed by atoms with Gasteiger partial charge in [0.2, 0.25) is 0 Å². The molecule has 1 N–H and O–H groups in total. The van der Waals surface area contributed by atoms with Crippen LogP contribution in [0.4, 0.5) is 0 Å². The Morgan fingerprint density at radius 2 is 1.05 bits per heavy atom. The van der Waals surface area contributed by atoms with Crippen LogP contribution in [0.1, 0.15) is 79.0 Å². The molecule has 3 heterocycles. The summed E-state index contributed by atoms with van der Waals surface area (Å²) in [5.41, 5.74) is 17.6. The minimum Gasteiger partial charge on any atom is -0.507 e. The number of hydrogen-bond donors (Lipinski definition) is 1. The Morgan fingerprint density at radius 1 is 0.432 bits per heavy atom. The van der Waals surface area contributed by atoms with E-state index in [0.29, 0.717) is 11.4 Å². The number of phenolic OH excluding ortho intramolecular Hbond substituents is 1. The molecule has 0 aliphatic heterocycles. The molecule has 0 amide bonds. The molecule has 0 saturated carbocycles. The van der Waals surface area contributed by atoms with Crippen LogP contribution in [0, 0.1) is 0 Å². The number of nitrogens with zero attached hydrogens (tertiary/aromatic N) is 4. The maximum Gasteiger partial charge on any atom is 0.161 e. The number of rotatable bonds is 7. The smallest absolute Gasteiger partial charge is 0.161 e. The van der Waals surface area contributed by atoms with Gasteiger partial charge in [0.15, 0.2) is 5.58 Å². The van der Waals surface area contributed by atoms with E-state index in [-0.39, 0.29) is 22.0 Å². The van der Waals surface area contributed by atoms with Crippen molar-refractivity contribution in [1.29, 1.82) is 0 Å². The fraction of sp³-hybridized carbons (Fsp3) is 0.176. The average Bonchev–Trinajstić information content (AvgIpc) is 4.10. The van der Waals surface area contributed by atoms with Crippen LogP contribution in [0.2, 0.25) is 0 Å². The molecule has 0 aliphatic rings. The Hall–Kier alpha value is -8.48. The van der Waals surface area contributed by atoms with Gasteiger partial charge >= 0.3 is 0 Å². The van der Waals surface area contributed by atoms with E-state index in [1.54, 1.807) is 0 Å². The zero-order valence-corrected chi connectivity index (χ0v) is 43.6. The highest BCUT2D eigenvalue weighted by Gasteiger charge is 2.30. The first-order valence-corrected chi connectivity index (χ1v) is 25.7. The van der Waals surface area contributed by atoms with Gasteiger partial charge in [-0.1, -0.05) is 196 Å². The van der Waals surface area contributed by atoms with Crippen molar-refractivity contribution in [1.82, 2.24) is 19.1 Å². The molecule has 0 atom stereocenters. The average molecular weight is 965 g/mol. The van der Waals surface area contributed by atoms with Gasteiger partial charge in [-0.05, 0) is 110 Å². The van der Waals surface area contributed by atoms with Crippen molar-refractivity contribution in [2.75, 3.05) is 0 Å². The minimum absolute atomic E-state index is 0.202. The Balaban J connectivity index is 1.14. The molecule has 6 nitrogen and oxygen atoms in total. The van der Waals surface area contributed by atoms with Crippen LogP contribution in [0.25, 0.3) is 112 Å². The number of benzene rings is 9. The van der Waals surface area contributed by atoms with Crippen LogP contribution in [0.5, 0.6) is 5.75 Å². The number of phenols is 1. The van der Waals surface area contributed by atoms with Gasteiger partial charge in [0, 0.05) is 38.7 Å². The van der Waals surface area contributed by atoms with Gasteiger partial charge in [-0.25, -0.2) is 9.97 Å². The Labute approximate surface area is 433 Å². The first kappa shape index (κ1) is 46.6. The first-order valence-electron chi connectivity index (χ1n) is 25.7. The summed E-state index contributed by atoms with van der Waals surface area (Å²) in [4.78, 5) is 11.3. The second-order valence-electron chi connectivity index (χ2n) is 22.9. The summed E-state index contributed by atoms with van der Waals surface area (Å²) in [5, 5.41) is 14.7. The van der Waals surface area contributed by atoms with E-state index in [9.17, 15) is 5.11 Å². The van der Waals surface area contributed by atoms with E-state index in [1.165, 1.54) is 0 Å². The lowest BCUT2D eigenvalue weighted by Gasteiger charge is -2.27. The molecule has 0 saturated heterocycles. The van der Waals surface area contributed by atoms with E-state index >= 15 is 0 Å². The highest BCUT2D eigenvalue weighted by Crippen LogP contribution is 2.47. The lowest BCUT2D eigenvalue weighted by molar-refractivity contribution is 0.446. The quantitative estimate of drug-likeness (QED) is 0.173. The molecule has 12 rings (SSSR count). The normalized spacial score (nSPS) is 12.4. The van der Waals surface area contributed by atoms with Gasteiger partial charge in [-0.2, -0.15) is 0 Å². The summed E-state index contributed by atoms with van der Waals surface area (Å²) in [5.74, 6) is 1.72. The van der Waals surface area contributed by atoms with Gasteiger partial charge in [-0.15, -0.1) is 0 Å². The number of para-hydroxylation sites is 3. The number of hydrogen-bond acceptors (Lipinski definition) is 4. The van der Waals surface area contributed by atoms with Crippen molar-refractivity contribution in [3.05, 3.63) is 211 Å². The van der Waals surface area contributed by atoms with E-state index < -0.39 is 0 Å². The summed E-state index contributed by atoms with van der Waals surface area (Å²) in [7, 11) is 0. The molecule has 364 valence electrons. The van der Waals surface area contributed by atoms with Crippen LogP contribution in [0.15, 0.2) is 199 Å². The molecule has 0 unspecified atom stereocenters. The molecule has 0 fully saturated rings. The number of furan rings is 1. The third kappa shape index (κ3) is 7.97. The number of aromatic hydroxyl groups is 1. The van der Waals surface area contributed by atoms with Crippen LogP contribution < -0.4 is 0 Å². The minimum atomic E-state index is -0.343. The number of imidazole rings is 2. The van der Waals surface area contributed by atoms with Crippen molar-refractivity contribution in [2.24, 2.45) is 0 Å². The van der Waals surface area contributed by atoms with Crippen LogP contribution in [0.3, 0.4) is 0 Å². The van der Waals surface area contributed by atoms with Gasteiger partial charge in [0.1, 0.15) is 28.5 Å². The molecule has 74 heavy (non-hydrogen) atoms. The second kappa shape index (κ2) is 17.3. The molecule has 12 aromatic rings. The fourth-order valence-corrected chi connectivity index (χ4v) is 10.7. The summed E-state index contributed by atoms with van der Waals surface area (Å²) < 4.78 is 11.3. The molecule has 6 heteroatoms. The Bertz CT molecular complexity index is 4120. The molecule has 0 aliphatic carbocycles. The van der Waals surface area contributed by atoms with Crippen molar-refractivity contribution in [3.8, 4) is 73.3 Å². The highest BCUT2D eigenvalue weighted by molar-refractivity contribution is 6.14. The maximum absolute atomic E-state index is 12.6. The third-order valence-corrected chi connectivity index (χ3v) is 14.7. The summed E-state index contributed by atoms with van der Waals surface area (Å²) >= 11 is 0. The lowest BCUT2D eigenvalue weighted by Crippen LogP contribution is -2.17.